The fraction of sp³-hybridized carbons (Fsp3) is 0.364. The first-order valence-corrected chi connectivity index (χ1v) is 5.00. The molecule has 1 aromatic carbocycles. The smallest absolute Gasteiger partial charge is 0.221 e. The zero-order chi connectivity index (χ0) is 10.7. The topological polar surface area (TPSA) is 50.4 Å². The van der Waals surface area contributed by atoms with E-state index < -0.39 is 0 Å². The summed E-state index contributed by atoms with van der Waals surface area (Å²) in [5, 5.41) is 6.00. The third-order valence-corrected chi connectivity index (χ3v) is 2.23. The second-order valence-electron chi connectivity index (χ2n) is 3.53. The molecule has 0 aliphatic carbocycles. The third kappa shape index (κ3) is 3.12. The number of hydrogen-bond acceptors (Lipinski definition) is 3. The summed E-state index contributed by atoms with van der Waals surface area (Å²) < 4.78 is 5.53. The number of fused-ring (bicyclic) bond motifs is 1. The van der Waals surface area contributed by atoms with Crippen molar-refractivity contribution in [2.24, 2.45) is 0 Å². The average Bonchev–Trinajstić information content (AvgIpc) is 2.41. The summed E-state index contributed by atoms with van der Waals surface area (Å²) in [6.07, 6.45) is 0. The van der Waals surface area contributed by atoms with Gasteiger partial charge in [-0.05, 0) is 18.2 Å². The highest BCUT2D eigenvalue weighted by atomic mass is 35.5. The van der Waals surface area contributed by atoms with Crippen LogP contribution in [0.15, 0.2) is 18.2 Å². The summed E-state index contributed by atoms with van der Waals surface area (Å²) in [6.45, 7) is 3.82. The van der Waals surface area contributed by atoms with E-state index in [1.54, 1.807) is 0 Å². The molecule has 0 saturated carbocycles. The van der Waals surface area contributed by atoms with Gasteiger partial charge in [-0.25, -0.2) is 0 Å². The minimum Gasteiger partial charge on any atom is -0.492 e. The monoisotopic (exact) mass is 242 g/mol. The number of anilines is 1. The number of carbonyl (C=O) groups excluding carboxylic acids is 1. The molecule has 0 spiro atoms. The van der Waals surface area contributed by atoms with E-state index >= 15 is 0 Å². The lowest BCUT2D eigenvalue weighted by atomic mass is 10.1. The standard InChI is InChI=1S/C11H14N2O2.ClH/c1-8(14)13-10-2-3-11-9(6-10)7-12-4-5-15-11;/h2-3,6,12H,4-5,7H2,1H3,(H,13,14);1H. The van der Waals surface area contributed by atoms with Crippen molar-refractivity contribution in [1.29, 1.82) is 0 Å². The molecule has 1 heterocycles. The highest BCUT2D eigenvalue weighted by Crippen LogP contribution is 2.23. The van der Waals surface area contributed by atoms with Gasteiger partial charge in [0.25, 0.3) is 0 Å². The van der Waals surface area contributed by atoms with Gasteiger partial charge in [-0.1, -0.05) is 0 Å². The summed E-state index contributed by atoms with van der Waals surface area (Å²) in [6, 6.07) is 5.69. The maximum absolute atomic E-state index is 10.9. The lowest BCUT2D eigenvalue weighted by molar-refractivity contribution is -0.114. The lowest BCUT2D eigenvalue weighted by Crippen LogP contribution is -2.16. The molecule has 0 bridgehead atoms. The number of benzene rings is 1. The average molecular weight is 243 g/mol. The van der Waals surface area contributed by atoms with Crippen LogP contribution >= 0.6 is 12.4 Å². The Bertz CT molecular complexity index is 382. The summed E-state index contributed by atoms with van der Waals surface area (Å²) in [5.41, 5.74) is 1.90. The molecule has 16 heavy (non-hydrogen) atoms. The molecule has 1 aliphatic rings. The molecular formula is C11H15ClN2O2. The molecule has 0 fully saturated rings. The molecule has 1 aromatic rings. The second kappa shape index (κ2) is 5.72. The van der Waals surface area contributed by atoms with Crippen LogP contribution in [0.25, 0.3) is 0 Å². The van der Waals surface area contributed by atoms with E-state index in [1.165, 1.54) is 6.92 Å². The van der Waals surface area contributed by atoms with Gasteiger partial charge in [0.2, 0.25) is 5.91 Å². The molecule has 0 saturated heterocycles. The number of carbonyl (C=O) groups is 1. The number of amides is 1. The predicted octanol–water partition coefficient (Wildman–Crippen LogP) is 1.55. The van der Waals surface area contributed by atoms with E-state index in [-0.39, 0.29) is 18.3 Å². The number of rotatable bonds is 1. The van der Waals surface area contributed by atoms with Crippen molar-refractivity contribution >= 4 is 24.0 Å². The number of ether oxygens (including phenoxy) is 1. The first-order chi connectivity index (χ1) is 7.25. The van der Waals surface area contributed by atoms with Crippen LogP contribution in [0.1, 0.15) is 12.5 Å². The summed E-state index contributed by atoms with van der Waals surface area (Å²) >= 11 is 0. The molecular weight excluding hydrogens is 228 g/mol. The summed E-state index contributed by atoms with van der Waals surface area (Å²) in [7, 11) is 0. The van der Waals surface area contributed by atoms with Gasteiger partial charge in [0, 0.05) is 31.3 Å². The van der Waals surface area contributed by atoms with Crippen molar-refractivity contribution in [1.82, 2.24) is 5.32 Å². The van der Waals surface area contributed by atoms with Gasteiger partial charge in [-0.15, -0.1) is 12.4 Å². The Hall–Kier alpha value is -1.26. The number of halogens is 1. The Labute approximate surface area is 101 Å². The molecule has 0 atom stereocenters. The third-order valence-electron chi connectivity index (χ3n) is 2.23. The van der Waals surface area contributed by atoms with Crippen LogP contribution in [0.5, 0.6) is 5.75 Å². The van der Waals surface area contributed by atoms with Crippen LogP contribution < -0.4 is 15.4 Å². The second-order valence-corrected chi connectivity index (χ2v) is 3.53. The largest absolute Gasteiger partial charge is 0.492 e. The van der Waals surface area contributed by atoms with Gasteiger partial charge in [0.15, 0.2) is 0 Å². The highest BCUT2D eigenvalue weighted by Gasteiger charge is 2.08. The minimum absolute atomic E-state index is 0. The molecule has 2 rings (SSSR count). The fourth-order valence-corrected chi connectivity index (χ4v) is 1.60. The van der Waals surface area contributed by atoms with Crippen LogP contribution in [0.4, 0.5) is 5.69 Å². The summed E-state index contributed by atoms with van der Waals surface area (Å²) in [4.78, 5) is 10.9. The van der Waals surface area contributed by atoms with Gasteiger partial charge >= 0.3 is 0 Å². The fourth-order valence-electron chi connectivity index (χ4n) is 1.60. The van der Waals surface area contributed by atoms with Crippen LogP contribution in [-0.4, -0.2) is 19.1 Å². The van der Waals surface area contributed by atoms with Crippen LogP contribution in [0.3, 0.4) is 0 Å². The van der Waals surface area contributed by atoms with Crippen molar-refractivity contribution < 1.29 is 9.53 Å². The van der Waals surface area contributed by atoms with Crippen molar-refractivity contribution in [3.63, 3.8) is 0 Å². The Morgan fingerprint density at radius 3 is 3.06 bits per heavy atom. The quantitative estimate of drug-likeness (QED) is 0.786. The van der Waals surface area contributed by atoms with Gasteiger partial charge in [-0.2, -0.15) is 0 Å². The van der Waals surface area contributed by atoms with Crippen LogP contribution in [-0.2, 0) is 11.3 Å². The first-order valence-electron chi connectivity index (χ1n) is 5.00. The number of hydrogen-bond donors (Lipinski definition) is 2. The van der Waals surface area contributed by atoms with Gasteiger partial charge < -0.3 is 15.4 Å². The van der Waals surface area contributed by atoms with E-state index in [2.05, 4.69) is 10.6 Å². The van der Waals surface area contributed by atoms with Crippen molar-refractivity contribution in [3.8, 4) is 5.75 Å². The zero-order valence-corrected chi connectivity index (χ0v) is 9.89. The molecule has 88 valence electrons. The van der Waals surface area contributed by atoms with Crippen molar-refractivity contribution in [2.45, 2.75) is 13.5 Å². The van der Waals surface area contributed by atoms with E-state index in [0.29, 0.717) is 6.61 Å². The minimum atomic E-state index is -0.0579. The molecule has 2 N–H and O–H groups in total. The normalized spacial score (nSPS) is 13.8. The van der Waals surface area contributed by atoms with Gasteiger partial charge in [-0.3, -0.25) is 4.79 Å². The molecule has 1 aliphatic heterocycles. The van der Waals surface area contributed by atoms with E-state index in [9.17, 15) is 4.79 Å². The molecule has 5 heteroatoms. The van der Waals surface area contributed by atoms with Crippen LogP contribution in [0, 0.1) is 0 Å². The zero-order valence-electron chi connectivity index (χ0n) is 9.08. The molecule has 1 amide bonds. The van der Waals surface area contributed by atoms with Gasteiger partial charge in [0.1, 0.15) is 12.4 Å². The maximum atomic E-state index is 10.9. The molecule has 4 nitrogen and oxygen atoms in total. The Balaban J connectivity index is 0.00000128. The SMILES string of the molecule is CC(=O)Nc1ccc2c(c1)CNCCO2.Cl. The maximum Gasteiger partial charge on any atom is 0.221 e. The summed E-state index contributed by atoms with van der Waals surface area (Å²) in [5.74, 6) is 0.839. The molecule has 0 aromatic heterocycles. The van der Waals surface area contributed by atoms with Crippen LogP contribution in [0.2, 0.25) is 0 Å². The Morgan fingerprint density at radius 1 is 1.50 bits per heavy atom. The van der Waals surface area contributed by atoms with E-state index in [1.807, 2.05) is 18.2 Å². The predicted molar refractivity (Wildman–Crippen MR) is 65.2 cm³/mol. The van der Waals surface area contributed by atoms with Crippen molar-refractivity contribution in [2.75, 3.05) is 18.5 Å². The van der Waals surface area contributed by atoms with Gasteiger partial charge in [0.05, 0.1) is 0 Å². The lowest BCUT2D eigenvalue weighted by Gasteiger charge is -2.08. The Kier molecular flexibility index (Phi) is 4.58. The Morgan fingerprint density at radius 2 is 2.31 bits per heavy atom. The molecule has 0 radical (unpaired) electrons. The van der Waals surface area contributed by atoms with E-state index in [4.69, 9.17) is 4.74 Å². The van der Waals surface area contributed by atoms with Crippen molar-refractivity contribution in [3.05, 3.63) is 23.8 Å². The highest BCUT2D eigenvalue weighted by molar-refractivity contribution is 5.88. The first kappa shape index (κ1) is 12.8. The number of nitrogens with one attached hydrogen (secondary N) is 2. The van der Waals surface area contributed by atoms with E-state index in [0.717, 1.165) is 30.1 Å². The molecule has 0 unspecified atom stereocenters.